The van der Waals surface area contributed by atoms with E-state index in [1.807, 2.05) is 34.7 Å². The van der Waals surface area contributed by atoms with Crippen LogP contribution in [0.3, 0.4) is 0 Å². The monoisotopic (exact) mass is 348 g/mol. The summed E-state index contributed by atoms with van der Waals surface area (Å²) >= 11 is 2.02. The van der Waals surface area contributed by atoms with Crippen molar-refractivity contribution in [3.63, 3.8) is 0 Å². The second-order valence-corrected chi connectivity index (χ2v) is 5.49. The van der Waals surface area contributed by atoms with E-state index in [-0.39, 0.29) is 10.6 Å². The second kappa shape index (κ2) is 6.18. The smallest absolute Gasteiger partial charge is 0.282 e. The minimum atomic E-state index is -0.343. The van der Waals surface area contributed by atoms with E-state index in [9.17, 15) is 10.1 Å². The molecule has 0 fully saturated rings. The van der Waals surface area contributed by atoms with Crippen molar-refractivity contribution in [2.24, 2.45) is 5.92 Å². The molecule has 0 aliphatic heterocycles. The van der Waals surface area contributed by atoms with Gasteiger partial charge in [0.05, 0.1) is 8.49 Å². The summed E-state index contributed by atoms with van der Waals surface area (Å²) in [6.45, 7) is 8.30. The predicted octanol–water partition coefficient (Wildman–Crippen LogP) is 3.68. The average molecular weight is 348 g/mol. The molecular formula is C12H17IN2O2. The first-order chi connectivity index (χ1) is 7.95. The molecule has 0 aliphatic carbocycles. The van der Waals surface area contributed by atoms with Crippen molar-refractivity contribution in [2.75, 3.05) is 18.0 Å². The highest BCUT2D eigenvalue weighted by molar-refractivity contribution is 14.1. The SMILES string of the molecule is CCN(CC(C)C)c1ccc([N+](=O)[O-])c(I)c1. The first kappa shape index (κ1) is 14.2. The van der Waals surface area contributed by atoms with Gasteiger partial charge in [0.25, 0.3) is 5.69 Å². The fourth-order valence-electron chi connectivity index (χ4n) is 1.70. The van der Waals surface area contributed by atoms with Gasteiger partial charge in [-0.15, -0.1) is 0 Å². The largest absolute Gasteiger partial charge is 0.372 e. The van der Waals surface area contributed by atoms with Gasteiger partial charge in [-0.3, -0.25) is 10.1 Å². The van der Waals surface area contributed by atoms with Gasteiger partial charge in [0.15, 0.2) is 0 Å². The van der Waals surface area contributed by atoms with Gasteiger partial charge in [-0.05, 0) is 47.6 Å². The fourth-order valence-corrected chi connectivity index (χ4v) is 2.39. The molecular weight excluding hydrogens is 331 g/mol. The van der Waals surface area contributed by atoms with Gasteiger partial charge in [0.1, 0.15) is 0 Å². The number of nitro groups is 1. The summed E-state index contributed by atoms with van der Waals surface area (Å²) in [7, 11) is 0. The zero-order chi connectivity index (χ0) is 13.0. The second-order valence-electron chi connectivity index (χ2n) is 4.33. The van der Waals surface area contributed by atoms with Crippen LogP contribution in [0, 0.1) is 19.6 Å². The number of nitro benzene ring substituents is 1. The van der Waals surface area contributed by atoms with Gasteiger partial charge in [-0.25, -0.2) is 0 Å². The first-order valence-electron chi connectivity index (χ1n) is 5.64. The van der Waals surface area contributed by atoms with Crippen molar-refractivity contribution in [2.45, 2.75) is 20.8 Å². The number of rotatable bonds is 5. The lowest BCUT2D eigenvalue weighted by Crippen LogP contribution is -2.27. The van der Waals surface area contributed by atoms with E-state index in [4.69, 9.17) is 0 Å². The Kier molecular flexibility index (Phi) is 5.17. The molecule has 1 aromatic rings. The maximum Gasteiger partial charge on any atom is 0.282 e. The Hall–Kier alpha value is -0.850. The van der Waals surface area contributed by atoms with Crippen molar-refractivity contribution >= 4 is 34.0 Å². The molecule has 0 unspecified atom stereocenters. The predicted molar refractivity (Wildman–Crippen MR) is 78.5 cm³/mol. The fraction of sp³-hybridized carbons (Fsp3) is 0.500. The molecule has 0 atom stereocenters. The Bertz CT molecular complexity index is 407. The normalized spacial score (nSPS) is 10.6. The minimum Gasteiger partial charge on any atom is -0.372 e. The Morgan fingerprint density at radius 2 is 2.12 bits per heavy atom. The summed E-state index contributed by atoms with van der Waals surface area (Å²) in [6, 6.07) is 5.29. The number of hydrogen-bond acceptors (Lipinski definition) is 3. The van der Waals surface area contributed by atoms with Crippen LogP contribution in [0.2, 0.25) is 0 Å². The minimum absolute atomic E-state index is 0.176. The molecule has 5 heteroatoms. The number of benzene rings is 1. The molecule has 0 radical (unpaired) electrons. The summed E-state index contributed by atoms with van der Waals surface area (Å²) in [5.41, 5.74) is 1.23. The van der Waals surface area contributed by atoms with Crippen LogP contribution in [0.1, 0.15) is 20.8 Å². The van der Waals surface area contributed by atoms with Crippen LogP contribution in [0.4, 0.5) is 11.4 Å². The summed E-state index contributed by atoms with van der Waals surface area (Å²) < 4.78 is 0.687. The van der Waals surface area contributed by atoms with Crippen LogP contribution >= 0.6 is 22.6 Å². The maximum atomic E-state index is 10.7. The van der Waals surface area contributed by atoms with Crippen LogP contribution in [0.15, 0.2) is 18.2 Å². The van der Waals surface area contributed by atoms with E-state index in [1.54, 1.807) is 6.07 Å². The molecule has 4 nitrogen and oxygen atoms in total. The van der Waals surface area contributed by atoms with Crippen LogP contribution in [-0.2, 0) is 0 Å². The van der Waals surface area contributed by atoms with Crippen molar-refractivity contribution in [1.29, 1.82) is 0 Å². The van der Waals surface area contributed by atoms with Gasteiger partial charge >= 0.3 is 0 Å². The Morgan fingerprint density at radius 3 is 2.53 bits per heavy atom. The van der Waals surface area contributed by atoms with Crippen LogP contribution < -0.4 is 4.90 Å². The van der Waals surface area contributed by atoms with Gasteiger partial charge in [-0.1, -0.05) is 13.8 Å². The lowest BCUT2D eigenvalue weighted by molar-refractivity contribution is -0.385. The van der Waals surface area contributed by atoms with E-state index in [0.29, 0.717) is 9.49 Å². The Morgan fingerprint density at radius 1 is 1.47 bits per heavy atom. The van der Waals surface area contributed by atoms with E-state index < -0.39 is 0 Å². The maximum absolute atomic E-state index is 10.7. The van der Waals surface area contributed by atoms with E-state index in [2.05, 4.69) is 25.7 Å². The zero-order valence-electron chi connectivity index (χ0n) is 10.3. The summed E-state index contributed by atoms with van der Waals surface area (Å²) in [6.07, 6.45) is 0. The van der Waals surface area contributed by atoms with Crippen molar-refractivity contribution in [1.82, 2.24) is 0 Å². The Balaban J connectivity index is 2.98. The summed E-state index contributed by atoms with van der Waals surface area (Å²) in [4.78, 5) is 12.6. The van der Waals surface area contributed by atoms with Crippen molar-refractivity contribution in [3.8, 4) is 0 Å². The zero-order valence-corrected chi connectivity index (χ0v) is 12.5. The van der Waals surface area contributed by atoms with Crippen LogP contribution in [-0.4, -0.2) is 18.0 Å². The number of hydrogen-bond donors (Lipinski definition) is 0. The molecule has 0 aliphatic rings. The topological polar surface area (TPSA) is 46.4 Å². The molecule has 0 saturated carbocycles. The van der Waals surface area contributed by atoms with E-state index >= 15 is 0 Å². The Labute approximate surface area is 115 Å². The first-order valence-corrected chi connectivity index (χ1v) is 6.72. The van der Waals surface area contributed by atoms with E-state index in [1.165, 1.54) is 0 Å². The van der Waals surface area contributed by atoms with Crippen molar-refractivity contribution < 1.29 is 4.92 Å². The quantitative estimate of drug-likeness (QED) is 0.463. The summed E-state index contributed by atoms with van der Waals surface area (Å²) in [5.74, 6) is 0.572. The van der Waals surface area contributed by atoms with Crippen LogP contribution in [0.25, 0.3) is 0 Å². The molecule has 0 saturated heterocycles. The standard InChI is InChI=1S/C12H17IN2O2/c1-4-14(8-9(2)3)10-5-6-12(15(16)17)11(13)7-10/h5-7,9H,4,8H2,1-3H3. The molecule has 0 spiro atoms. The number of anilines is 1. The molecule has 94 valence electrons. The third-order valence-corrected chi connectivity index (χ3v) is 3.32. The molecule has 17 heavy (non-hydrogen) atoms. The van der Waals surface area contributed by atoms with Crippen LogP contribution in [0.5, 0.6) is 0 Å². The number of nitrogens with zero attached hydrogens (tertiary/aromatic N) is 2. The van der Waals surface area contributed by atoms with Gasteiger partial charge in [-0.2, -0.15) is 0 Å². The highest BCUT2D eigenvalue weighted by atomic mass is 127. The highest BCUT2D eigenvalue weighted by Gasteiger charge is 2.14. The molecule has 1 aromatic carbocycles. The third-order valence-electron chi connectivity index (χ3n) is 2.46. The number of halogens is 1. The lowest BCUT2D eigenvalue weighted by Gasteiger charge is -2.25. The van der Waals surface area contributed by atoms with Gasteiger partial charge in [0, 0.05) is 24.8 Å². The molecule has 0 aromatic heterocycles. The molecule has 0 bridgehead atoms. The molecule has 0 N–H and O–H groups in total. The molecule has 0 amide bonds. The van der Waals surface area contributed by atoms with Gasteiger partial charge in [0.2, 0.25) is 0 Å². The third kappa shape index (κ3) is 3.83. The van der Waals surface area contributed by atoms with Crippen molar-refractivity contribution in [3.05, 3.63) is 31.9 Å². The summed E-state index contributed by atoms with van der Waals surface area (Å²) in [5, 5.41) is 10.7. The lowest BCUT2D eigenvalue weighted by atomic mass is 10.2. The molecule has 1 rings (SSSR count). The average Bonchev–Trinajstić information content (AvgIpc) is 2.24. The molecule has 0 heterocycles. The highest BCUT2D eigenvalue weighted by Crippen LogP contribution is 2.26. The van der Waals surface area contributed by atoms with Gasteiger partial charge < -0.3 is 4.90 Å². The van der Waals surface area contributed by atoms with E-state index in [0.717, 1.165) is 18.8 Å².